The highest BCUT2D eigenvalue weighted by Gasteiger charge is 2.20. The van der Waals surface area contributed by atoms with E-state index in [4.69, 9.17) is 27.1 Å². The Morgan fingerprint density at radius 2 is 1.68 bits per heavy atom. The van der Waals surface area contributed by atoms with Crippen LogP contribution in [-0.2, 0) is 4.74 Å². The number of hydrogen-bond donors (Lipinski definition) is 2. The molecule has 8 heteroatoms. The predicted octanol–water partition coefficient (Wildman–Crippen LogP) is 4.10. The van der Waals surface area contributed by atoms with Gasteiger partial charge in [-0.25, -0.2) is 4.39 Å². The molecule has 0 spiro atoms. The van der Waals surface area contributed by atoms with Crippen LogP contribution in [0.1, 0.15) is 0 Å². The van der Waals surface area contributed by atoms with E-state index in [0.717, 1.165) is 5.56 Å². The first-order valence-electron chi connectivity index (χ1n) is 8.89. The highest BCUT2D eigenvalue weighted by Crippen LogP contribution is 2.35. The van der Waals surface area contributed by atoms with Crippen LogP contribution < -0.4 is 16.0 Å². The molecule has 1 saturated heterocycles. The van der Waals surface area contributed by atoms with E-state index in [-0.39, 0.29) is 5.82 Å². The van der Waals surface area contributed by atoms with E-state index >= 15 is 0 Å². The molecule has 2 aromatic carbocycles. The summed E-state index contributed by atoms with van der Waals surface area (Å²) in [7, 11) is 0. The summed E-state index contributed by atoms with van der Waals surface area (Å²) in [5, 5.41) is 3.87. The third-order valence-electron chi connectivity index (χ3n) is 4.46. The Kier molecular flexibility index (Phi) is 5.27. The minimum Gasteiger partial charge on any atom is -0.383 e. The first-order valence-corrected chi connectivity index (χ1v) is 9.27. The topological polar surface area (TPSA) is 76.3 Å². The lowest BCUT2D eigenvalue weighted by molar-refractivity contribution is 0.122. The molecule has 0 saturated carbocycles. The number of hydrogen-bond acceptors (Lipinski definition) is 6. The van der Waals surface area contributed by atoms with Gasteiger partial charge in [-0.3, -0.25) is 0 Å². The maximum Gasteiger partial charge on any atom is 0.229 e. The summed E-state index contributed by atoms with van der Waals surface area (Å²) >= 11 is 6.02. The lowest BCUT2D eigenvalue weighted by Crippen LogP contribution is -2.37. The van der Waals surface area contributed by atoms with Crippen molar-refractivity contribution in [1.29, 1.82) is 0 Å². The van der Waals surface area contributed by atoms with Crippen LogP contribution in [0.15, 0.2) is 48.5 Å². The lowest BCUT2D eigenvalue weighted by Gasteiger charge is -2.28. The zero-order valence-electron chi connectivity index (χ0n) is 15.0. The predicted molar refractivity (Wildman–Crippen MR) is 110 cm³/mol. The molecule has 3 aromatic rings. The molecule has 2 heterocycles. The van der Waals surface area contributed by atoms with Crippen LogP contribution in [-0.4, -0.2) is 36.3 Å². The molecular weight excluding hydrogens is 381 g/mol. The van der Waals surface area contributed by atoms with Crippen molar-refractivity contribution in [3.63, 3.8) is 0 Å². The van der Waals surface area contributed by atoms with Crippen LogP contribution in [0.5, 0.6) is 0 Å². The van der Waals surface area contributed by atoms with Crippen molar-refractivity contribution in [2.45, 2.75) is 0 Å². The monoisotopic (exact) mass is 399 g/mol. The number of aromatic nitrogens is 2. The number of anilines is 4. The molecule has 0 unspecified atom stereocenters. The summed E-state index contributed by atoms with van der Waals surface area (Å²) in [6, 6.07) is 13.4. The van der Waals surface area contributed by atoms with Gasteiger partial charge in [0, 0.05) is 23.8 Å². The molecule has 144 valence electrons. The quantitative estimate of drug-likeness (QED) is 0.688. The largest absolute Gasteiger partial charge is 0.383 e. The Bertz CT molecular complexity index is 960. The zero-order chi connectivity index (χ0) is 19.5. The van der Waals surface area contributed by atoms with Crippen LogP contribution in [0.2, 0.25) is 5.02 Å². The average Bonchev–Trinajstić information content (AvgIpc) is 2.71. The van der Waals surface area contributed by atoms with Gasteiger partial charge < -0.3 is 20.7 Å². The zero-order valence-corrected chi connectivity index (χ0v) is 15.8. The van der Waals surface area contributed by atoms with E-state index in [2.05, 4.69) is 10.3 Å². The number of morpholine rings is 1. The third-order valence-corrected chi connectivity index (χ3v) is 4.71. The Labute approximate surface area is 167 Å². The van der Waals surface area contributed by atoms with E-state index in [9.17, 15) is 4.39 Å². The minimum atomic E-state index is -0.306. The van der Waals surface area contributed by atoms with E-state index in [1.165, 1.54) is 12.1 Å². The van der Waals surface area contributed by atoms with Gasteiger partial charge in [0.2, 0.25) is 5.95 Å². The Morgan fingerprint density at radius 1 is 1.00 bits per heavy atom. The Morgan fingerprint density at radius 3 is 2.36 bits per heavy atom. The van der Waals surface area contributed by atoms with Gasteiger partial charge in [-0.15, -0.1) is 0 Å². The maximum absolute atomic E-state index is 13.3. The van der Waals surface area contributed by atoms with Crippen LogP contribution in [0.25, 0.3) is 11.1 Å². The standard InChI is InChI=1S/C20H19ClFN5O/c21-14-3-1-13(2-4-14)17-18(23)25-20(27-9-11-28-12-10-27)26-19(17)24-16-7-5-15(22)6-8-16/h1-8H,9-12H2,(H3,23,24,25,26). The molecule has 6 nitrogen and oxygen atoms in total. The van der Waals surface area contributed by atoms with Crippen molar-refractivity contribution in [1.82, 2.24) is 9.97 Å². The molecule has 3 N–H and O–H groups in total. The number of nitrogens with two attached hydrogens (primary N) is 1. The van der Waals surface area contributed by atoms with Gasteiger partial charge in [0.15, 0.2) is 0 Å². The molecule has 0 aliphatic carbocycles. The number of nitrogen functional groups attached to an aromatic ring is 1. The summed E-state index contributed by atoms with van der Waals surface area (Å²) < 4.78 is 18.7. The highest BCUT2D eigenvalue weighted by molar-refractivity contribution is 6.30. The minimum absolute atomic E-state index is 0.306. The van der Waals surface area contributed by atoms with Crippen molar-refractivity contribution in [3.05, 3.63) is 59.4 Å². The molecular formula is C20H19ClFN5O. The van der Waals surface area contributed by atoms with Crippen molar-refractivity contribution in [2.24, 2.45) is 0 Å². The molecule has 1 fully saturated rings. The number of ether oxygens (including phenoxy) is 1. The first kappa shape index (κ1) is 18.5. The lowest BCUT2D eigenvalue weighted by atomic mass is 10.1. The second-order valence-electron chi connectivity index (χ2n) is 6.37. The fourth-order valence-corrected chi connectivity index (χ4v) is 3.16. The SMILES string of the molecule is Nc1nc(N2CCOCC2)nc(Nc2ccc(F)cc2)c1-c1ccc(Cl)cc1. The maximum atomic E-state index is 13.3. The molecule has 0 bridgehead atoms. The molecule has 0 atom stereocenters. The van der Waals surface area contributed by atoms with E-state index in [0.29, 0.717) is 60.2 Å². The number of nitrogens with zero attached hydrogens (tertiary/aromatic N) is 3. The second-order valence-corrected chi connectivity index (χ2v) is 6.81. The van der Waals surface area contributed by atoms with E-state index in [1.807, 2.05) is 17.0 Å². The molecule has 0 radical (unpaired) electrons. The normalized spacial score (nSPS) is 14.1. The Balaban J connectivity index is 1.78. The smallest absolute Gasteiger partial charge is 0.229 e. The number of rotatable bonds is 4. The van der Waals surface area contributed by atoms with Gasteiger partial charge >= 0.3 is 0 Å². The van der Waals surface area contributed by atoms with Crippen LogP contribution in [0, 0.1) is 5.82 Å². The van der Waals surface area contributed by atoms with Gasteiger partial charge in [0.05, 0.1) is 18.8 Å². The van der Waals surface area contributed by atoms with Gasteiger partial charge in [0.1, 0.15) is 17.5 Å². The van der Waals surface area contributed by atoms with Gasteiger partial charge in [-0.1, -0.05) is 23.7 Å². The second kappa shape index (κ2) is 8.00. The summed E-state index contributed by atoms with van der Waals surface area (Å²) in [4.78, 5) is 11.3. The summed E-state index contributed by atoms with van der Waals surface area (Å²) in [6.07, 6.45) is 0. The summed E-state index contributed by atoms with van der Waals surface area (Å²) in [5.41, 5.74) is 8.53. The molecule has 4 rings (SSSR count). The molecule has 28 heavy (non-hydrogen) atoms. The number of benzene rings is 2. The average molecular weight is 400 g/mol. The van der Waals surface area contributed by atoms with Crippen LogP contribution >= 0.6 is 11.6 Å². The number of halogens is 2. The fraction of sp³-hybridized carbons (Fsp3) is 0.200. The molecule has 1 aliphatic heterocycles. The van der Waals surface area contributed by atoms with Crippen LogP contribution in [0.3, 0.4) is 0 Å². The fourth-order valence-electron chi connectivity index (χ4n) is 3.03. The van der Waals surface area contributed by atoms with Gasteiger partial charge in [-0.05, 0) is 42.0 Å². The Hall–Kier alpha value is -2.90. The van der Waals surface area contributed by atoms with Crippen molar-refractivity contribution < 1.29 is 9.13 Å². The van der Waals surface area contributed by atoms with E-state index in [1.54, 1.807) is 24.3 Å². The van der Waals surface area contributed by atoms with Crippen LogP contribution in [0.4, 0.5) is 27.7 Å². The summed E-state index contributed by atoms with van der Waals surface area (Å²) in [6.45, 7) is 2.61. The molecule has 1 aromatic heterocycles. The van der Waals surface area contributed by atoms with Crippen molar-refractivity contribution >= 4 is 34.9 Å². The number of nitrogens with one attached hydrogen (secondary N) is 1. The summed E-state index contributed by atoms with van der Waals surface area (Å²) in [5.74, 6) is 1.12. The van der Waals surface area contributed by atoms with Crippen molar-refractivity contribution in [2.75, 3.05) is 42.3 Å². The third kappa shape index (κ3) is 4.00. The van der Waals surface area contributed by atoms with Gasteiger partial charge in [-0.2, -0.15) is 9.97 Å². The molecule has 1 aliphatic rings. The van der Waals surface area contributed by atoms with Crippen molar-refractivity contribution in [3.8, 4) is 11.1 Å². The molecule has 0 amide bonds. The highest BCUT2D eigenvalue weighted by atomic mass is 35.5. The first-order chi connectivity index (χ1) is 13.6. The van der Waals surface area contributed by atoms with E-state index < -0.39 is 0 Å². The van der Waals surface area contributed by atoms with Gasteiger partial charge in [0.25, 0.3) is 0 Å².